The SMILES string of the molecule is CCC(C)C1=CC(c2ccccc2C)N(C)C=C1[Si](C)(C)C. The van der Waals surface area contributed by atoms with Gasteiger partial charge in [-0.1, -0.05) is 63.8 Å². The zero-order chi connectivity index (χ0) is 16.5. The number of likely N-dealkylation sites (N-methyl/N-ethyl adjacent to an activating group) is 1. The van der Waals surface area contributed by atoms with Crippen LogP contribution in [-0.4, -0.2) is 20.0 Å². The van der Waals surface area contributed by atoms with E-state index in [1.165, 1.54) is 17.5 Å². The van der Waals surface area contributed by atoms with E-state index in [9.17, 15) is 0 Å². The Labute approximate surface area is 137 Å². The Kier molecular flexibility index (Phi) is 5.01. The summed E-state index contributed by atoms with van der Waals surface area (Å²) in [6, 6.07) is 9.15. The molecule has 0 radical (unpaired) electrons. The van der Waals surface area contributed by atoms with Crippen LogP contribution in [0.3, 0.4) is 0 Å². The van der Waals surface area contributed by atoms with E-state index in [2.05, 4.69) is 88.9 Å². The summed E-state index contributed by atoms with van der Waals surface area (Å²) < 4.78 is 0. The van der Waals surface area contributed by atoms with Crippen molar-refractivity contribution in [3.63, 3.8) is 0 Å². The molecule has 2 rings (SSSR count). The topological polar surface area (TPSA) is 3.24 Å². The zero-order valence-corrected chi connectivity index (χ0v) is 16.3. The number of allylic oxidation sites excluding steroid dienone is 2. The Morgan fingerprint density at radius 1 is 1.18 bits per heavy atom. The maximum absolute atomic E-state index is 2.53. The van der Waals surface area contributed by atoms with Crippen molar-refractivity contribution in [1.82, 2.24) is 4.90 Å². The molecule has 2 heteroatoms. The van der Waals surface area contributed by atoms with Gasteiger partial charge >= 0.3 is 0 Å². The second kappa shape index (κ2) is 6.45. The molecule has 2 unspecified atom stereocenters. The fraction of sp³-hybridized carbons (Fsp3) is 0.500. The molecule has 0 saturated carbocycles. The maximum atomic E-state index is 2.53. The second-order valence-corrected chi connectivity index (χ2v) is 12.7. The van der Waals surface area contributed by atoms with E-state index in [1.807, 2.05) is 0 Å². The van der Waals surface area contributed by atoms with Gasteiger partial charge in [0.15, 0.2) is 0 Å². The molecule has 1 aliphatic rings. The molecule has 22 heavy (non-hydrogen) atoms. The fourth-order valence-electron chi connectivity index (χ4n) is 3.24. The number of rotatable bonds is 4. The Morgan fingerprint density at radius 3 is 2.36 bits per heavy atom. The van der Waals surface area contributed by atoms with Crippen LogP contribution in [0.1, 0.15) is 37.4 Å². The maximum Gasteiger partial charge on any atom is 0.0798 e. The molecule has 1 aromatic carbocycles. The largest absolute Gasteiger partial charge is 0.370 e. The Hall–Kier alpha value is -1.28. The van der Waals surface area contributed by atoms with Gasteiger partial charge in [0.1, 0.15) is 0 Å². The van der Waals surface area contributed by atoms with Crippen LogP contribution in [0.4, 0.5) is 0 Å². The molecule has 0 saturated heterocycles. The van der Waals surface area contributed by atoms with Gasteiger partial charge in [0.05, 0.1) is 14.1 Å². The van der Waals surface area contributed by atoms with Crippen molar-refractivity contribution in [2.45, 2.75) is 52.9 Å². The molecule has 0 aliphatic carbocycles. The van der Waals surface area contributed by atoms with E-state index in [1.54, 1.807) is 10.8 Å². The third kappa shape index (κ3) is 3.38. The van der Waals surface area contributed by atoms with Crippen LogP contribution >= 0.6 is 0 Å². The zero-order valence-electron chi connectivity index (χ0n) is 15.3. The van der Waals surface area contributed by atoms with Crippen LogP contribution in [0.15, 0.2) is 47.3 Å². The highest BCUT2D eigenvalue weighted by atomic mass is 28.3. The van der Waals surface area contributed by atoms with E-state index in [0.29, 0.717) is 12.0 Å². The van der Waals surface area contributed by atoms with Gasteiger partial charge in [-0.3, -0.25) is 0 Å². The summed E-state index contributed by atoms with van der Waals surface area (Å²) in [5, 5.41) is 1.62. The normalized spacial score (nSPS) is 20.5. The third-order valence-electron chi connectivity index (χ3n) is 4.88. The predicted molar refractivity (Wildman–Crippen MR) is 101 cm³/mol. The molecule has 1 nitrogen and oxygen atoms in total. The summed E-state index contributed by atoms with van der Waals surface area (Å²) in [5.41, 5.74) is 4.40. The standard InChI is InChI=1S/C20H31NSi/c1-8-15(2)18-13-19(17-12-10-9-11-16(17)3)21(4)14-20(18)22(5,6)7/h9-15,19H,8H2,1-7H3. The van der Waals surface area contributed by atoms with Crippen molar-refractivity contribution in [3.8, 4) is 0 Å². The van der Waals surface area contributed by atoms with Crippen molar-refractivity contribution >= 4 is 8.07 Å². The quantitative estimate of drug-likeness (QED) is 0.643. The van der Waals surface area contributed by atoms with Gasteiger partial charge in [0, 0.05) is 7.05 Å². The molecule has 0 bridgehead atoms. The van der Waals surface area contributed by atoms with Crippen LogP contribution < -0.4 is 0 Å². The third-order valence-corrected chi connectivity index (χ3v) is 6.91. The van der Waals surface area contributed by atoms with Crippen LogP contribution in [-0.2, 0) is 0 Å². The molecule has 1 aromatic rings. The van der Waals surface area contributed by atoms with Crippen molar-refractivity contribution in [2.75, 3.05) is 7.05 Å². The van der Waals surface area contributed by atoms with Gasteiger partial charge in [0.25, 0.3) is 0 Å². The van der Waals surface area contributed by atoms with Crippen LogP contribution in [0.25, 0.3) is 0 Å². The molecular formula is C20H31NSi. The molecule has 1 heterocycles. The van der Waals surface area contributed by atoms with Crippen LogP contribution in [0.5, 0.6) is 0 Å². The average Bonchev–Trinajstić information content (AvgIpc) is 2.46. The first-order valence-electron chi connectivity index (χ1n) is 8.47. The predicted octanol–water partition coefficient (Wildman–Crippen LogP) is 5.72. The number of aryl methyl sites for hydroxylation is 1. The molecule has 2 atom stereocenters. The van der Waals surface area contributed by atoms with Crippen molar-refractivity contribution in [1.29, 1.82) is 0 Å². The molecule has 1 aliphatic heterocycles. The van der Waals surface area contributed by atoms with E-state index in [-0.39, 0.29) is 0 Å². The minimum Gasteiger partial charge on any atom is -0.370 e. The summed E-state index contributed by atoms with van der Waals surface area (Å²) >= 11 is 0. The van der Waals surface area contributed by atoms with Gasteiger partial charge in [-0.25, -0.2) is 0 Å². The fourth-order valence-corrected chi connectivity index (χ4v) is 5.03. The summed E-state index contributed by atoms with van der Waals surface area (Å²) in [5.74, 6) is 0.637. The van der Waals surface area contributed by atoms with Gasteiger partial charge in [-0.05, 0) is 47.4 Å². The summed E-state index contributed by atoms with van der Waals surface area (Å²) in [6.45, 7) is 14.3. The van der Waals surface area contributed by atoms with Crippen molar-refractivity contribution in [3.05, 3.63) is 58.4 Å². The average molecular weight is 314 g/mol. The molecule has 0 aromatic heterocycles. The molecule has 120 valence electrons. The number of benzene rings is 1. The van der Waals surface area contributed by atoms with Crippen LogP contribution in [0.2, 0.25) is 19.6 Å². The summed E-state index contributed by atoms with van der Waals surface area (Å²) in [7, 11) is 0.890. The molecule has 0 spiro atoms. The first-order valence-corrected chi connectivity index (χ1v) is 12.0. The lowest BCUT2D eigenvalue weighted by Crippen LogP contribution is -2.34. The number of nitrogens with zero attached hydrogens (tertiary/aromatic N) is 1. The molecule has 0 fully saturated rings. The Morgan fingerprint density at radius 2 is 1.82 bits per heavy atom. The van der Waals surface area contributed by atoms with Gasteiger partial charge in [-0.2, -0.15) is 0 Å². The van der Waals surface area contributed by atoms with Gasteiger partial charge in [0.2, 0.25) is 0 Å². The molecule has 0 N–H and O–H groups in total. The number of hydrogen-bond acceptors (Lipinski definition) is 1. The monoisotopic (exact) mass is 313 g/mol. The minimum absolute atomic E-state index is 0.366. The van der Waals surface area contributed by atoms with Gasteiger partial charge in [-0.15, -0.1) is 0 Å². The number of hydrogen-bond donors (Lipinski definition) is 0. The lowest BCUT2D eigenvalue weighted by molar-refractivity contribution is 0.380. The van der Waals surface area contributed by atoms with E-state index in [4.69, 9.17) is 0 Å². The minimum atomic E-state index is -1.33. The first-order chi connectivity index (χ1) is 10.3. The highest BCUT2D eigenvalue weighted by Gasteiger charge is 2.31. The summed E-state index contributed by atoms with van der Waals surface area (Å²) in [6.07, 6.45) is 6.17. The Balaban J connectivity index is 2.51. The Bertz CT molecular complexity index is 592. The molecule has 0 amide bonds. The first kappa shape index (κ1) is 17.1. The van der Waals surface area contributed by atoms with Crippen molar-refractivity contribution in [2.24, 2.45) is 5.92 Å². The lowest BCUT2D eigenvalue weighted by Gasteiger charge is -2.38. The highest BCUT2D eigenvalue weighted by Crippen LogP contribution is 2.38. The summed E-state index contributed by atoms with van der Waals surface area (Å²) in [4.78, 5) is 2.40. The smallest absolute Gasteiger partial charge is 0.0798 e. The lowest BCUT2D eigenvalue weighted by atomic mass is 9.90. The second-order valence-electron chi connectivity index (χ2n) is 7.69. The molecular weight excluding hydrogens is 282 g/mol. The van der Waals surface area contributed by atoms with Gasteiger partial charge < -0.3 is 4.90 Å². The highest BCUT2D eigenvalue weighted by molar-refractivity contribution is 6.84. The van der Waals surface area contributed by atoms with E-state index < -0.39 is 8.07 Å². The van der Waals surface area contributed by atoms with E-state index in [0.717, 1.165) is 0 Å². The van der Waals surface area contributed by atoms with Crippen molar-refractivity contribution < 1.29 is 0 Å². The van der Waals surface area contributed by atoms with Crippen LogP contribution in [0, 0.1) is 12.8 Å². The van der Waals surface area contributed by atoms with E-state index >= 15 is 0 Å².